The molecule has 1 aliphatic heterocycles. The number of hydrogen-bond donors (Lipinski definition) is 0. The molecule has 0 unspecified atom stereocenters. The van der Waals surface area contributed by atoms with Crippen molar-refractivity contribution in [2.75, 3.05) is 6.54 Å². The van der Waals surface area contributed by atoms with Crippen molar-refractivity contribution in [1.29, 1.82) is 0 Å². The zero-order valence-corrected chi connectivity index (χ0v) is 10.8. The van der Waals surface area contributed by atoms with Gasteiger partial charge in [-0.2, -0.15) is 0 Å². The Morgan fingerprint density at radius 1 is 1.40 bits per heavy atom. The van der Waals surface area contributed by atoms with Gasteiger partial charge in [0.05, 0.1) is 0 Å². The number of ether oxygens (including phenoxy) is 1. The molecule has 0 bridgehead atoms. The molecule has 0 N–H and O–H groups in total. The molecule has 1 aliphatic rings. The lowest BCUT2D eigenvalue weighted by atomic mass is 9.91. The fourth-order valence-electron chi connectivity index (χ4n) is 2.16. The van der Waals surface area contributed by atoms with Crippen LogP contribution in [0.15, 0.2) is 0 Å². The Morgan fingerprint density at radius 2 is 1.93 bits per heavy atom. The fraction of sp³-hybridized carbons (Fsp3) is 0.917. The number of rotatable bonds is 0. The molecule has 0 aromatic heterocycles. The smallest absolute Gasteiger partial charge is 0.410 e. The van der Waals surface area contributed by atoms with Gasteiger partial charge in [-0.15, -0.1) is 0 Å². The Morgan fingerprint density at radius 3 is 2.27 bits per heavy atom. The molecule has 1 amide bonds. The molecule has 0 aromatic rings. The third-order valence-electron chi connectivity index (χ3n) is 2.61. The van der Waals surface area contributed by atoms with E-state index in [4.69, 9.17) is 4.74 Å². The largest absolute Gasteiger partial charge is 0.444 e. The number of amides is 1. The summed E-state index contributed by atoms with van der Waals surface area (Å²) in [4.78, 5) is 13.7. The lowest BCUT2D eigenvalue weighted by molar-refractivity contribution is 0.0226. The average molecular weight is 213 g/mol. The maximum absolute atomic E-state index is 11.9. The molecule has 1 atom stereocenters. The second kappa shape index (κ2) is 3.69. The van der Waals surface area contributed by atoms with Crippen molar-refractivity contribution in [1.82, 2.24) is 4.90 Å². The van der Waals surface area contributed by atoms with Gasteiger partial charge < -0.3 is 9.64 Å². The van der Waals surface area contributed by atoms with E-state index in [-0.39, 0.29) is 17.6 Å². The predicted octanol–water partition coefficient (Wildman–Crippen LogP) is 3.04. The van der Waals surface area contributed by atoms with Crippen LogP contribution >= 0.6 is 0 Å². The Balaban J connectivity index is 2.62. The van der Waals surface area contributed by atoms with Crippen LogP contribution in [0.2, 0.25) is 0 Å². The van der Waals surface area contributed by atoms with E-state index < -0.39 is 5.60 Å². The van der Waals surface area contributed by atoms with Crippen molar-refractivity contribution in [2.45, 2.75) is 59.6 Å². The van der Waals surface area contributed by atoms with Crippen LogP contribution in [-0.2, 0) is 4.74 Å². The summed E-state index contributed by atoms with van der Waals surface area (Å²) in [7, 11) is 0. The minimum atomic E-state index is -0.399. The summed E-state index contributed by atoms with van der Waals surface area (Å²) in [6, 6.07) is 0.287. The SMILES string of the molecule is C[C@@H]1CC(C)(C)CN1C(=O)OC(C)(C)C. The number of hydrogen-bond acceptors (Lipinski definition) is 2. The Hall–Kier alpha value is -0.730. The van der Waals surface area contributed by atoms with Crippen LogP contribution in [0.4, 0.5) is 4.79 Å². The highest BCUT2D eigenvalue weighted by Crippen LogP contribution is 2.34. The van der Waals surface area contributed by atoms with Gasteiger partial charge in [0.1, 0.15) is 5.60 Å². The molecule has 3 nitrogen and oxygen atoms in total. The van der Waals surface area contributed by atoms with Gasteiger partial charge >= 0.3 is 6.09 Å². The second-order valence-electron chi connectivity index (χ2n) is 6.33. The molecule has 88 valence electrons. The maximum Gasteiger partial charge on any atom is 0.410 e. The van der Waals surface area contributed by atoms with E-state index in [1.54, 1.807) is 0 Å². The quantitative estimate of drug-likeness (QED) is 0.619. The molecule has 0 radical (unpaired) electrons. The minimum Gasteiger partial charge on any atom is -0.444 e. The van der Waals surface area contributed by atoms with Crippen molar-refractivity contribution < 1.29 is 9.53 Å². The number of nitrogens with zero attached hydrogens (tertiary/aromatic N) is 1. The van der Waals surface area contributed by atoms with Crippen molar-refractivity contribution in [3.05, 3.63) is 0 Å². The predicted molar refractivity (Wildman–Crippen MR) is 60.8 cm³/mol. The molecule has 0 aromatic carbocycles. The van der Waals surface area contributed by atoms with Crippen LogP contribution in [0.5, 0.6) is 0 Å². The van der Waals surface area contributed by atoms with E-state index in [1.807, 2.05) is 25.7 Å². The first-order chi connectivity index (χ1) is 6.61. The summed E-state index contributed by atoms with van der Waals surface area (Å²) < 4.78 is 5.37. The molecule has 0 saturated carbocycles. The molecule has 15 heavy (non-hydrogen) atoms. The van der Waals surface area contributed by atoms with Crippen molar-refractivity contribution in [2.24, 2.45) is 5.41 Å². The van der Waals surface area contributed by atoms with Crippen molar-refractivity contribution in [3.63, 3.8) is 0 Å². The van der Waals surface area contributed by atoms with Crippen molar-refractivity contribution >= 4 is 6.09 Å². The number of likely N-dealkylation sites (tertiary alicyclic amines) is 1. The summed E-state index contributed by atoms with van der Waals surface area (Å²) in [5.41, 5.74) is -0.181. The van der Waals surface area contributed by atoms with Gasteiger partial charge in [-0.05, 0) is 39.5 Å². The highest BCUT2D eigenvalue weighted by Gasteiger charge is 2.39. The van der Waals surface area contributed by atoms with E-state index in [2.05, 4.69) is 20.8 Å². The maximum atomic E-state index is 11.9. The van der Waals surface area contributed by atoms with Crippen molar-refractivity contribution in [3.8, 4) is 0 Å². The average Bonchev–Trinajstić information content (AvgIpc) is 2.20. The monoisotopic (exact) mass is 213 g/mol. The number of carbonyl (C=O) groups is 1. The highest BCUT2D eigenvalue weighted by molar-refractivity contribution is 5.69. The Labute approximate surface area is 92.8 Å². The van der Waals surface area contributed by atoms with Gasteiger partial charge in [0, 0.05) is 12.6 Å². The first-order valence-corrected chi connectivity index (χ1v) is 5.60. The summed E-state index contributed by atoms with van der Waals surface area (Å²) in [6.07, 6.45) is 0.868. The molecule has 0 spiro atoms. The van der Waals surface area contributed by atoms with Gasteiger partial charge in [0.15, 0.2) is 0 Å². The van der Waals surface area contributed by atoms with Gasteiger partial charge in [0.25, 0.3) is 0 Å². The van der Waals surface area contributed by atoms with Gasteiger partial charge in [-0.25, -0.2) is 4.79 Å². The van der Waals surface area contributed by atoms with Crippen LogP contribution in [0.25, 0.3) is 0 Å². The van der Waals surface area contributed by atoms with E-state index in [0.717, 1.165) is 13.0 Å². The third kappa shape index (κ3) is 3.40. The molecule has 0 aliphatic carbocycles. The molecule has 1 rings (SSSR count). The van der Waals surface area contributed by atoms with E-state index in [9.17, 15) is 4.79 Å². The van der Waals surface area contributed by atoms with E-state index in [1.165, 1.54) is 0 Å². The molecule has 1 heterocycles. The Kier molecular flexibility index (Phi) is 3.04. The number of carbonyl (C=O) groups excluding carboxylic acids is 1. The fourth-order valence-corrected chi connectivity index (χ4v) is 2.16. The molecule has 3 heteroatoms. The first-order valence-electron chi connectivity index (χ1n) is 5.60. The van der Waals surface area contributed by atoms with Crippen LogP contribution < -0.4 is 0 Å². The lowest BCUT2D eigenvalue weighted by Crippen LogP contribution is -2.39. The summed E-state index contributed by atoms with van der Waals surface area (Å²) in [5, 5.41) is 0. The van der Waals surface area contributed by atoms with Crippen LogP contribution in [0.3, 0.4) is 0 Å². The second-order valence-corrected chi connectivity index (χ2v) is 6.33. The zero-order valence-electron chi connectivity index (χ0n) is 10.8. The van der Waals surface area contributed by atoms with Gasteiger partial charge in [-0.3, -0.25) is 0 Å². The minimum absolute atomic E-state index is 0.180. The first kappa shape index (κ1) is 12.3. The molecule has 1 fully saturated rings. The van der Waals surface area contributed by atoms with E-state index >= 15 is 0 Å². The molecule has 1 saturated heterocycles. The topological polar surface area (TPSA) is 29.5 Å². The third-order valence-corrected chi connectivity index (χ3v) is 2.61. The normalized spacial score (nSPS) is 25.5. The summed E-state index contributed by atoms with van der Waals surface area (Å²) in [6.45, 7) is 13.0. The molecular formula is C12H23NO2. The molecular weight excluding hydrogens is 190 g/mol. The summed E-state index contributed by atoms with van der Waals surface area (Å²) in [5.74, 6) is 0. The van der Waals surface area contributed by atoms with Crippen LogP contribution in [0, 0.1) is 5.41 Å². The van der Waals surface area contributed by atoms with Gasteiger partial charge in [-0.1, -0.05) is 13.8 Å². The van der Waals surface area contributed by atoms with E-state index in [0.29, 0.717) is 0 Å². The van der Waals surface area contributed by atoms with Gasteiger partial charge in [0.2, 0.25) is 0 Å². The lowest BCUT2D eigenvalue weighted by Gasteiger charge is -2.27. The van der Waals surface area contributed by atoms with Crippen LogP contribution in [-0.4, -0.2) is 29.2 Å². The zero-order chi connectivity index (χ0) is 11.9. The summed E-state index contributed by atoms with van der Waals surface area (Å²) >= 11 is 0. The standard InChI is InChI=1S/C12H23NO2/c1-9-7-12(5,6)8-13(9)10(14)15-11(2,3)4/h9H,7-8H2,1-6H3/t9-/m1/s1. The highest BCUT2D eigenvalue weighted by atomic mass is 16.6. The Bertz CT molecular complexity index is 253. The van der Waals surface area contributed by atoms with Crippen LogP contribution in [0.1, 0.15) is 48.0 Å².